The number of alkyl halides is 3. The summed E-state index contributed by atoms with van der Waals surface area (Å²) in [5, 5.41) is 0.523. The monoisotopic (exact) mass is 480 g/mol. The number of allylic oxidation sites excluding steroid dienone is 4. The van der Waals surface area contributed by atoms with Gasteiger partial charge in [-0.2, -0.15) is 18.2 Å². The van der Waals surface area contributed by atoms with Crippen LogP contribution in [0.25, 0.3) is 11.2 Å². The summed E-state index contributed by atoms with van der Waals surface area (Å²) < 4.78 is 49.1. The molecule has 0 spiro atoms. The molecular weight excluding hydrogens is 461 g/mol. The second-order valence-electron chi connectivity index (χ2n) is 7.78. The van der Waals surface area contributed by atoms with Gasteiger partial charge in [-0.25, -0.2) is 4.79 Å². The predicted octanol–water partition coefficient (Wildman–Crippen LogP) is 4.24. The van der Waals surface area contributed by atoms with E-state index in [-0.39, 0.29) is 35.8 Å². The van der Waals surface area contributed by atoms with E-state index in [0.717, 1.165) is 22.3 Å². The Morgan fingerprint density at radius 3 is 2.42 bits per heavy atom. The van der Waals surface area contributed by atoms with Crippen molar-refractivity contribution in [3.8, 4) is 6.01 Å². The van der Waals surface area contributed by atoms with Crippen LogP contribution in [-0.2, 0) is 14.1 Å². The SMILES string of the molecule is CC(c1ccc(Cl)cc1)n1c(OC2=CC(C(F)(F)F)=CCC2)nc2c1c(=O)n(C)c(=O)n2C. The van der Waals surface area contributed by atoms with Crippen molar-refractivity contribution in [2.45, 2.75) is 32.0 Å². The molecule has 174 valence electrons. The summed E-state index contributed by atoms with van der Waals surface area (Å²) in [5.41, 5.74) is -1.05. The van der Waals surface area contributed by atoms with Crippen LogP contribution in [0, 0.1) is 0 Å². The molecule has 0 amide bonds. The molecular formula is C22H20ClF3N4O3. The fourth-order valence-electron chi connectivity index (χ4n) is 3.79. The van der Waals surface area contributed by atoms with Crippen LogP contribution in [0.5, 0.6) is 6.01 Å². The van der Waals surface area contributed by atoms with Gasteiger partial charge in [-0.1, -0.05) is 29.8 Å². The molecule has 0 saturated heterocycles. The zero-order valence-electron chi connectivity index (χ0n) is 18.0. The number of hydrogen-bond acceptors (Lipinski definition) is 4. The highest BCUT2D eigenvalue weighted by molar-refractivity contribution is 6.30. The molecule has 1 aliphatic rings. The van der Waals surface area contributed by atoms with Crippen molar-refractivity contribution in [3.05, 3.63) is 79.2 Å². The van der Waals surface area contributed by atoms with E-state index < -0.39 is 29.0 Å². The summed E-state index contributed by atoms with van der Waals surface area (Å²) in [5.74, 6) is 0.0616. The molecule has 0 bridgehead atoms. The van der Waals surface area contributed by atoms with Gasteiger partial charge in [-0.05, 0) is 37.1 Å². The first kappa shape index (κ1) is 22.9. The zero-order valence-corrected chi connectivity index (χ0v) is 18.7. The Labute approximate surface area is 191 Å². The lowest BCUT2D eigenvalue weighted by molar-refractivity contribution is -0.0889. The van der Waals surface area contributed by atoms with E-state index in [1.54, 1.807) is 31.2 Å². The van der Waals surface area contributed by atoms with E-state index in [1.165, 1.54) is 23.2 Å². The van der Waals surface area contributed by atoms with Crippen molar-refractivity contribution in [1.29, 1.82) is 0 Å². The summed E-state index contributed by atoms with van der Waals surface area (Å²) in [6.07, 6.45) is -2.10. The lowest BCUT2D eigenvalue weighted by atomic mass is 10.1. The Morgan fingerprint density at radius 1 is 1.12 bits per heavy atom. The van der Waals surface area contributed by atoms with Gasteiger partial charge >= 0.3 is 17.9 Å². The van der Waals surface area contributed by atoms with Crippen LogP contribution in [0.3, 0.4) is 0 Å². The van der Waals surface area contributed by atoms with E-state index >= 15 is 0 Å². The van der Waals surface area contributed by atoms with Gasteiger partial charge in [0.15, 0.2) is 11.2 Å². The highest BCUT2D eigenvalue weighted by Crippen LogP contribution is 2.34. The molecule has 0 N–H and O–H groups in total. The lowest BCUT2D eigenvalue weighted by Gasteiger charge is -2.20. The van der Waals surface area contributed by atoms with Crippen LogP contribution in [0.4, 0.5) is 13.2 Å². The topological polar surface area (TPSA) is 71.1 Å². The number of aryl methyl sites for hydroxylation is 1. The van der Waals surface area contributed by atoms with Crippen molar-refractivity contribution < 1.29 is 17.9 Å². The molecule has 2 heterocycles. The number of halogens is 4. The van der Waals surface area contributed by atoms with Gasteiger partial charge in [-0.3, -0.25) is 18.5 Å². The minimum atomic E-state index is -4.51. The summed E-state index contributed by atoms with van der Waals surface area (Å²) in [6.45, 7) is 1.79. The molecule has 4 rings (SSSR count). The molecule has 1 aliphatic carbocycles. The summed E-state index contributed by atoms with van der Waals surface area (Å²) >= 11 is 5.99. The minimum Gasteiger partial charge on any atom is -0.430 e. The second kappa shape index (κ2) is 8.26. The number of nitrogens with zero attached hydrogens (tertiary/aromatic N) is 4. The Morgan fingerprint density at radius 2 is 1.79 bits per heavy atom. The van der Waals surface area contributed by atoms with Crippen LogP contribution < -0.4 is 16.0 Å². The Hall–Kier alpha value is -3.27. The number of imidazole rings is 1. The maximum absolute atomic E-state index is 13.2. The van der Waals surface area contributed by atoms with E-state index in [2.05, 4.69) is 4.98 Å². The van der Waals surface area contributed by atoms with Crippen LogP contribution in [0.1, 0.15) is 31.4 Å². The largest absolute Gasteiger partial charge is 0.430 e. The predicted molar refractivity (Wildman–Crippen MR) is 118 cm³/mol. The highest BCUT2D eigenvalue weighted by Gasteiger charge is 2.34. The molecule has 2 aromatic heterocycles. The standard InChI is InChI=1S/C22H20ClF3N4O3/c1-12(13-7-9-15(23)10-8-13)30-17-18(28(2)21(32)29(3)19(17)31)27-20(30)33-16-6-4-5-14(11-16)22(24,25)26/h5,7-12H,4,6H2,1-3H3. The first-order valence-corrected chi connectivity index (χ1v) is 10.5. The smallest absolute Gasteiger partial charge is 0.416 e. The first-order chi connectivity index (χ1) is 15.5. The number of rotatable bonds is 4. The zero-order chi connectivity index (χ0) is 24.1. The van der Waals surface area contributed by atoms with Gasteiger partial charge in [0.1, 0.15) is 5.76 Å². The number of hydrogen-bond donors (Lipinski definition) is 0. The Balaban J connectivity index is 1.92. The highest BCUT2D eigenvalue weighted by atomic mass is 35.5. The van der Waals surface area contributed by atoms with Crippen LogP contribution in [-0.4, -0.2) is 24.9 Å². The normalized spacial score (nSPS) is 15.4. The van der Waals surface area contributed by atoms with Gasteiger partial charge in [0.2, 0.25) is 0 Å². The molecule has 1 aromatic carbocycles. The average Bonchev–Trinajstić information content (AvgIpc) is 3.15. The molecule has 0 saturated carbocycles. The summed E-state index contributed by atoms with van der Waals surface area (Å²) in [4.78, 5) is 29.8. The molecule has 1 unspecified atom stereocenters. The molecule has 7 nitrogen and oxygen atoms in total. The lowest BCUT2D eigenvalue weighted by Crippen LogP contribution is -2.37. The molecule has 0 radical (unpaired) electrons. The Kier molecular flexibility index (Phi) is 5.73. The fourth-order valence-corrected chi connectivity index (χ4v) is 3.91. The number of ether oxygens (including phenoxy) is 1. The molecule has 33 heavy (non-hydrogen) atoms. The molecule has 1 atom stereocenters. The first-order valence-electron chi connectivity index (χ1n) is 10.1. The van der Waals surface area contributed by atoms with Crippen molar-refractivity contribution >= 4 is 22.8 Å². The maximum Gasteiger partial charge on any atom is 0.416 e. The molecule has 11 heteroatoms. The number of fused-ring (bicyclic) bond motifs is 1. The van der Waals surface area contributed by atoms with Gasteiger partial charge in [0.25, 0.3) is 5.56 Å². The van der Waals surface area contributed by atoms with Crippen LogP contribution >= 0.6 is 11.6 Å². The van der Waals surface area contributed by atoms with E-state index in [1.807, 2.05) is 0 Å². The number of benzene rings is 1. The number of aromatic nitrogens is 4. The third-order valence-corrected chi connectivity index (χ3v) is 5.87. The quantitative estimate of drug-likeness (QED) is 0.560. The molecule has 3 aromatic rings. The van der Waals surface area contributed by atoms with E-state index in [0.29, 0.717) is 5.02 Å². The van der Waals surface area contributed by atoms with Gasteiger partial charge in [0, 0.05) is 25.5 Å². The van der Waals surface area contributed by atoms with Crippen molar-refractivity contribution in [2.24, 2.45) is 14.1 Å². The average molecular weight is 481 g/mol. The van der Waals surface area contributed by atoms with E-state index in [4.69, 9.17) is 16.3 Å². The minimum absolute atomic E-state index is 0.0616. The molecule has 0 fully saturated rings. The van der Waals surface area contributed by atoms with Crippen LogP contribution in [0.15, 0.2) is 57.3 Å². The Bertz CT molecular complexity index is 1410. The summed E-state index contributed by atoms with van der Waals surface area (Å²) in [7, 11) is 2.81. The van der Waals surface area contributed by atoms with Gasteiger partial charge < -0.3 is 4.74 Å². The van der Waals surface area contributed by atoms with Crippen LogP contribution in [0.2, 0.25) is 5.02 Å². The third kappa shape index (κ3) is 4.10. The summed E-state index contributed by atoms with van der Waals surface area (Å²) in [6, 6.07) is 6.31. The van der Waals surface area contributed by atoms with Crippen molar-refractivity contribution in [2.75, 3.05) is 0 Å². The fraction of sp³-hybridized carbons (Fsp3) is 0.318. The van der Waals surface area contributed by atoms with Crippen molar-refractivity contribution in [3.63, 3.8) is 0 Å². The van der Waals surface area contributed by atoms with E-state index in [9.17, 15) is 22.8 Å². The van der Waals surface area contributed by atoms with Gasteiger partial charge in [0.05, 0.1) is 11.6 Å². The maximum atomic E-state index is 13.2. The van der Waals surface area contributed by atoms with Crippen molar-refractivity contribution in [1.82, 2.24) is 18.7 Å². The van der Waals surface area contributed by atoms with Gasteiger partial charge in [-0.15, -0.1) is 0 Å². The third-order valence-electron chi connectivity index (χ3n) is 5.62. The second-order valence-corrected chi connectivity index (χ2v) is 8.21. The molecule has 0 aliphatic heterocycles.